The normalized spacial score (nSPS) is 17.7. The minimum absolute atomic E-state index is 0.281. The average Bonchev–Trinajstić information content (AvgIpc) is 2.99. The number of hydrogen-bond donors (Lipinski definition) is 3. The van der Waals surface area contributed by atoms with Gasteiger partial charge in [0.05, 0.1) is 25.4 Å². The number of carbonyl (C=O) groups is 1. The maximum atomic E-state index is 12.3. The van der Waals surface area contributed by atoms with Crippen molar-refractivity contribution in [2.45, 2.75) is 38.8 Å². The monoisotopic (exact) mass is 384 g/mol. The fourth-order valence-corrected chi connectivity index (χ4v) is 3.51. The van der Waals surface area contributed by atoms with Crippen molar-refractivity contribution in [3.8, 4) is 11.5 Å². The SMILES string of the molecule is CCOc1ccc(CCNC(=O)N[C@H]2c3ccccc3C[C@@H]2O)cc1OCC. The minimum atomic E-state index is -0.594. The Bertz CT molecular complexity index is 809. The van der Waals surface area contributed by atoms with Crippen molar-refractivity contribution >= 4 is 6.03 Å². The molecule has 1 aliphatic rings. The zero-order valence-corrected chi connectivity index (χ0v) is 16.4. The largest absolute Gasteiger partial charge is 0.490 e. The first-order valence-corrected chi connectivity index (χ1v) is 9.81. The van der Waals surface area contributed by atoms with E-state index in [4.69, 9.17) is 9.47 Å². The number of aliphatic hydroxyl groups excluding tert-OH is 1. The molecule has 0 fully saturated rings. The molecule has 0 radical (unpaired) electrons. The van der Waals surface area contributed by atoms with Gasteiger partial charge in [0.2, 0.25) is 0 Å². The molecule has 6 heteroatoms. The van der Waals surface area contributed by atoms with Gasteiger partial charge in [-0.3, -0.25) is 0 Å². The van der Waals surface area contributed by atoms with Gasteiger partial charge in [0, 0.05) is 13.0 Å². The summed E-state index contributed by atoms with van der Waals surface area (Å²) in [4.78, 5) is 12.3. The second-order valence-electron chi connectivity index (χ2n) is 6.75. The summed E-state index contributed by atoms with van der Waals surface area (Å²) in [6, 6.07) is 13.0. The van der Waals surface area contributed by atoms with Gasteiger partial charge in [-0.15, -0.1) is 0 Å². The molecule has 150 valence electrons. The molecule has 0 aliphatic heterocycles. The van der Waals surface area contributed by atoms with Crippen LogP contribution in [-0.2, 0) is 12.8 Å². The van der Waals surface area contributed by atoms with Crippen molar-refractivity contribution < 1.29 is 19.4 Å². The maximum absolute atomic E-state index is 12.3. The van der Waals surface area contributed by atoms with Crippen LogP contribution in [0.3, 0.4) is 0 Å². The second kappa shape index (κ2) is 9.46. The molecular weight excluding hydrogens is 356 g/mol. The van der Waals surface area contributed by atoms with E-state index >= 15 is 0 Å². The molecule has 6 nitrogen and oxygen atoms in total. The van der Waals surface area contributed by atoms with E-state index < -0.39 is 6.10 Å². The summed E-state index contributed by atoms with van der Waals surface area (Å²) in [6.45, 7) is 5.50. The Morgan fingerprint density at radius 3 is 2.64 bits per heavy atom. The predicted octanol–water partition coefficient (Wildman–Crippen LogP) is 2.98. The van der Waals surface area contributed by atoms with Gasteiger partial charge >= 0.3 is 6.03 Å². The Labute approximate surface area is 165 Å². The standard InChI is InChI=1S/C22H28N2O4/c1-3-27-19-10-9-15(13-20(19)28-4-2)11-12-23-22(26)24-21-17-8-6-5-7-16(17)14-18(21)25/h5-10,13,18,21,25H,3-4,11-12,14H2,1-2H3,(H2,23,24,26)/t18-,21-/m0/s1. The molecule has 0 unspecified atom stereocenters. The molecular formula is C22H28N2O4. The molecule has 2 aromatic rings. The van der Waals surface area contributed by atoms with E-state index in [1.165, 1.54) is 0 Å². The molecule has 2 atom stereocenters. The van der Waals surface area contributed by atoms with E-state index in [1.807, 2.05) is 56.3 Å². The minimum Gasteiger partial charge on any atom is -0.490 e. The van der Waals surface area contributed by atoms with Crippen LogP contribution in [0.1, 0.15) is 36.6 Å². The number of nitrogens with one attached hydrogen (secondary N) is 2. The summed E-state index contributed by atoms with van der Waals surface area (Å²) in [7, 11) is 0. The molecule has 0 aromatic heterocycles. The molecule has 2 amide bonds. The Morgan fingerprint density at radius 1 is 1.11 bits per heavy atom. The first-order chi connectivity index (χ1) is 13.6. The molecule has 3 N–H and O–H groups in total. The number of urea groups is 1. The summed E-state index contributed by atoms with van der Waals surface area (Å²) in [5.41, 5.74) is 3.12. The molecule has 3 rings (SSSR count). The number of amides is 2. The zero-order valence-electron chi connectivity index (χ0n) is 16.4. The van der Waals surface area contributed by atoms with Crippen LogP contribution in [0.4, 0.5) is 4.79 Å². The Hall–Kier alpha value is -2.73. The zero-order chi connectivity index (χ0) is 19.9. The topological polar surface area (TPSA) is 79.8 Å². The third-order valence-corrected chi connectivity index (χ3v) is 4.80. The number of benzene rings is 2. The fourth-order valence-electron chi connectivity index (χ4n) is 3.51. The van der Waals surface area contributed by atoms with Gasteiger partial charge in [-0.05, 0) is 49.1 Å². The van der Waals surface area contributed by atoms with Gasteiger partial charge in [-0.25, -0.2) is 4.79 Å². The van der Waals surface area contributed by atoms with Gasteiger partial charge in [-0.2, -0.15) is 0 Å². The van der Waals surface area contributed by atoms with Crippen molar-refractivity contribution in [3.63, 3.8) is 0 Å². The lowest BCUT2D eigenvalue weighted by Gasteiger charge is -2.18. The summed E-state index contributed by atoms with van der Waals surface area (Å²) in [6.07, 6.45) is 0.639. The number of aliphatic hydroxyl groups is 1. The Morgan fingerprint density at radius 2 is 1.86 bits per heavy atom. The number of fused-ring (bicyclic) bond motifs is 1. The highest BCUT2D eigenvalue weighted by Gasteiger charge is 2.31. The smallest absolute Gasteiger partial charge is 0.315 e. The van der Waals surface area contributed by atoms with E-state index in [2.05, 4.69) is 10.6 Å². The quantitative estimate of drug-likeness (QED) is 0.654. The lowest BCUT2D eigenvalue weighted by molar-refractivity contribution is 0.142. The highest BCUT2D eigenvalue weighted by Crippen LogP contribution is 2.31. The third kappa shape index (κ3) is 4.75. The van der Waals surface area contributed by atoms with Crippen LogP contribution in [0.5, 0.6) is 11.5 Å². The first-order valence-electron chi connectivity index (χ1n) is 9.81. The number of ether oxygens (including phenoxy) is 2. The molecule has 0 spiro atoms. The van der Waals surface area contributed by atoms with Crippen molar-refractivity contribution in [1.82, 2.24) is 10.6 Å². The maximum Gasteiger partial charge on any atom is 0.315 e. The van der Waals surface area contributed by atoms with Crippen LogP contribution in [0, 0.1) is 0 Å². The number of hydrogen-bond acceptors (Lipinski definition) is 4. The highest BCUT2D eigenvalue weighted by molar-refractivity contribution is 5.74. The van der Waals surface area contributed by atoms with Crippen LogP contribution in [-0.4, -0.2) is 37.0 Å². The molecule has 0 saturated heterocycles. The predicted molar refractivity (Wildman–Crippen MR) is 108 cm³/mol. The van der Waals surface area contributed by atoms with Crippen LogP contribution in [0.25, 0.3) is 0 Å². The van der Waals surface area contributed by atoms with E-state index in [0.29, 0.717) is 32.6 Å². The lowest BCUT2D eigenvalue weighted by atomic mass is 10.1. The molecule has 28 heavy (non-hydrogen) atoms. The van der Waals surface area contributed by atoms with Gasteiger partial charge < -0.3 is 25.2 Å². The molecule has 1 aliphatic carbocycles. The summed E-state index contributed by atoms with van der Waals surface area (Å²) < 4.78 is 11.2. The summed E-state index contributed by atoms with van der Waals surface area (Å²) in [5.74, 6) is 1.45. The Kier molecular flexibility index (Phi) is 6.76. The van der Waals surface area contributed by atoms with Gasteiger partial charge in [0.1, 0.15) is 0 Å². The molecule has 0 saturated carbocycles. The van der Waals surface area contributed by atoms with Gasteiger partial charge in [-0.1, -0.05) is 30.3 Å². The van der Waals surface area contributed by atoms with Crippen LogP contribution >= 0.6 is 0 Å². The van der Waals surface area contributed by atoms with Crippen molar-refractivity contribution in [2.75, 3.05) is 19.8 Å². The van der Waals surface area contributed by atoms with Crippen molar-refractivity contribution in [2.24, 2.45) is 0 Å². The van der Waals surface area contributed by atoms with E-state index in [-0.39, 0.29) is 12.1 Å². The van der Waals surface area contributed by atoms with E-state index in [9.17, 15) is 9.90 Å². The van der Waals surface area contributed by atoms with Crippen LogP contribution in [0.15, 0.2) is 42.5 Å². The Balaban J connectivity index is 1.52. The van der Waals surface area contributed by atoms with Gasteiger partial charge in [0.15, 0.2) is 11.5 Å². The fraction of sp³-hybridized carbons (Fsp3) is 0.409. The summed E-state index contributed by atoms with van der Waals surface area (Å²) in [5, 5.41) is 16.0. The lowest BCUT2D eigenvalue weighted by Crippen LogP contribution is -2.41. The number of carbonyl (C=O) groups excluding carboxylic acids is 1. The molecule has 2 aromatic carbocycles. The van der Waals surface area contributed by atoms with Crippen LogP contribution in [0.2, 0.25) is 0 Å². The summed E-state index contributed by atoms with van der Waals surface area (Å²) >= 11 is 0. The highest BCUT2D eigenvalue weighted by atomic mass is 16.5. The second-order valence-corrected chi connectivity index (χ2v) is 6.75. The van der Waals surface area contributed by atoms with Gasteiger partial charge in [0.25, 0.3) is 0 Å². The van der Waals surface area contributed by atoms with Crippen molar-refractivity contribution in [3.05, 3.63) is 59.2 Å². The first kappa shape index (κ1) is 20.0. The van der Waals surface area contributed by atoms with E-state index in [0.717, 1.165) is 28.2 Å². The average molecular weight is 384 g/mol. The third-order valence-electron chi connectivity index (χ3n) is 4.80. The number of rotatable bonds is 8. The van der Waals surface area contributed by atoms with Crippen LogP contribution < -0.4 is 20.1 Å². The molecule has 0 bridgehead atoms. The molecule has 0 heterocycles. The van der Waals surface area contributed by atoms with Crippen molar-refractivity contribution in [1.29, 1.82) is 0 Å². The van der Waals surface area contributed by atoms with E-state index in [1.54, 1.807) is 0 Å².